The van der Waals surface area contributed by atoms with Crippen LogP contribution in [0.3, 0.4) is 0 Å². The van der Waals surface area contributed by atoms with Crippen molar-refractivity contribution in [2.75, 3.05) is 6.54 Å². The van der Waals surface area contributed by atoms with Crippen LogP contribution in [0.2, 0.25) is 0 Å². The van der Waals surface area contributed by atoms with Crippen LogP contribution in [0.4, 0.5) is 0 Å². The van der Waals surface area contributed by atoms with Gasteiger partial charge in [0.05, 0.1) is 0 Å². The fourth-order valence-electron chi connectivity index (χ4n) is 2.56. The van der Waals surface area contributed by atoms with Crippen LogP contribution in [-0.4, -0.2) is 17.7 Å². The molecular formula is C14H21NO. The van der Waals surface area contributed by atoms with E-state index in [0.717, 1.165) is 31.4 Å². The molecule has 88 valence electrons. The molecule has 0 aliphatic heterocycles. The minimum Gasteiger partial charge on any atom is -0.508 e. The number of nitrogens with one attached hydrogen (secondary N) is 1. The molecule has 2 N–H and O–H groups in total. The van der Waals surface area contributed by atoms with Crippen molar-refractivity contribution in [3.8, 4) is 5.75 Å². The molecule has 2 atom stereocenters. The van der Waals surface area contributed by atoms with Gasteiger partial charge in [-0.25, -0.2) is 0 Å². The number of aromatic hydroxyl groups is 1. The second-order valence-electron chi connectivity index (χ2n) is 4.86. The summed E-state index contributed by atoms with van der Waals surface area (Å²) in [5.41, 5.74) is 2.47. The van der Waals surface area contributed by atoms with E-state index in [0.29, 0.717) is 17.7 Å². The fourth-order valence-corrected chi connectivity index (χ4v) is 2.56. The van der Waals surface area contributed by atoms with E-state index in [1.165, 1.54) is 5.56 Å². The highest BCUT2D eigenvalue weighted by Crippen LogP contribution is 2.31. The molecule has 2 heteroatoms. The van der Waals surface area contributed by atoms with Crippen molar-refractivity contribution in [1.82, 2.24) is 5.32 Å². The van der Waals surface area contributed by atoms with Crippen LogP contribution in [0.1, 0.15) is 31.4 Å². The fraction of sp³-hybridized carbons (Fsp3) is 0.571. The topological polar surface area (TPSA) is 32.3 Å². The first-order chi connectivity index (χ1) is 7.72. The van der Waals surface area contributed by atoms with E-state index in [2.05, 4.69) is 25.2 Å². The van der Waals surface area contributed by atoms with Crippen molar-refractivity contribution in [1.29, 1.82) is 0 Å². The molecule has 0 unspecified atom stereocenters. The summed E-state index contributed by atoms with van der Waals surface area (Å²) in [5.74, 6) is 1.12. The molecule has 0 amide bonds. The maximum atomic E-state index is 9.86. The van der Waals surface area contributed by atoms with Crippen LogP contribution < -0.4 is 5.32 Å². The van der Waals surface area contributed by atoms with E-state index in [-0.39, 0.29) is 0 Å². The second-order valence-corrected chi connectivity index (χ2v) is 4.86. The first-order valence-electron chi connectivity index (χ1n) is 6.25. The first-order valence-corrected chi connectivity index (χ1v) is 6.25. The number of rotatable bonds is 3. The van der Waals surface area contributed by atoms with Crippen molar-refractivity contribution < 1.29 is 5.11 Å². The largest absolute Gasteiger partial charge is 0.508 e. The van der Waals surface area contributed by atoms with Crippen molar-refractivity contribution in [3.63, 3.8) is 0 Å². The standard InChI is InChI=1S/C14H21NO/c1-3-7-15-13-9-12-11(8-10(13)2)5-4-6-14(12)16/h4-6,10,13,15-16H,3,7-9H2,1-2H3/t10-,13-/m0/s1. The molecule has 16 heavy (non-hydrogen) atoms. The van der Waals surface area contributed by atoms with Gasteiger partial charge in [-0.3, -0.25) is 0 Å². The summed E-state index contributed by atoms with van der Waals surface area (Å²) >= 11 is 0. The lowest BCUT2D eigenvalue weighted by Crippen LogP contribution is -2.41. The Morgan fingerprint density at radius 3 is 2.94 bits per heavy atom. The van der Waals surface area contributed by atoms with Crippen LogP contribution >= 0.6 is 0 Å². The van der Waals surface area contributed by atoms with Crippen LogP contribution in [-0.2, 0) is 12.8 Å². The summed E-state index contributed by atoms with van der Waals surface area (Å²) in [4.78, 5) is 0. The van der Waals surface area contributed by atoms with Crippen molar-refractivity contribution in [3.05, 3.63) is 29.3 Å². The van der Waals surface area contributed by atoms with Gasteiger partial charge in [0.1, 0.15) is 5.75 Å². The lowest BCUT2D eigenvalue weighted by atomic mass is 9.80. The summed E-state index contributed by atoms with van der Waals surface area (Å²) in [6.45, 7) is 5.55. The molecule has 0 spiro atoms. The molecule has 1 aromatic carbocycles. The quantitative estimate of drug-likeness (QED) is 0.818. The highest BCUT2D eigenvalue weighted by Gasteiger charge is 2.26. The van der Waals surface area contributed by atoms with Crippen LogP contribution in [0.15, 0.2) is 18.2 Å². The highest BCUT2D eigenvalue weighted by molar-refractivity contribution is 5.41. The van der Waals surface area contributed by atoms with E-state index in [4.69, 9.17) is 0 Å². The average molecular weight is 219 g/mol. The maximum absolute atomic E-state index is 9.86. The monoisotopic (exact) mass is 219 g/mol. The SMILES string of the molecule is CCCN[C@H]1Cc2c(O)cccc2C[C@@H]1C. The Labute approximate surface area is 97.7 Å². The number of benzene rings is 1. The molecule has 1 aliphatic rings. The van der Waals surface area contributed by atoms with Gasteiger partial charge in [-0.15, -0.1) is 0 Å². The number of fused-ring (bicyclic) bond motifs is 1. The van der Waals surface area contributed by atoms with Crippen LogP contribution in [0, 0.1) is 5.92 Å². The predicted octanol–water partition coefficient (Wildman–Crippen LogP) is 2.50. The van der Waals surface area contributed by atoms with Gasteiger partial charge >= 0.3 is 0 Å². The zero-order valence-electron chi connectivity index (χ0n) is 10.2. The number of phenolic OH excluding ortho intramolecular Hbond substituents is 1. The molecule has 0 heterocycles. The Balaban J connectivity index is 2.16. The molecule has 0 fully saturated rings. The van der Waals surface area contributed by atoms with E-state index in [1.54, 1.807) is 6.07 Å². The average Bonchev–Trinajstić information content (AvgIpc) is 2.27. The summed E-state index contributed by atoms with van der Waals surface area (Å²) < 4.78 is 0. The predicted molar refractivity (Wildman–Crippen MR) is 66.8 cm³/mol. The van der Waals surface area contributed by atoms with Gasteiger partial charge in [0, 0.05) is 6.04 Å². The van der Waals surface area contributed by atoms with E-state index < -0.39 is 0 Å². The smallest absolute Gasteiger partial charge is 0.119 e. The molecule has 0 radical (unpaired) electrons. The van der Waals surface area contributed by atoms with Crippen LogP contribution in [0.5, 0.6) is 5.75 Å². The van der Waals surface area contributed by atoms with Gasteiger partial charge in [-0.05, 0) is 48.9 Å². The Bertz CT molecular complexity index is 362. The lowest BCUT2D eigenvalue weighted by molar-refractivity contribution is 0.345. The molecule has 2 rings (SSSR count). The summed E-state index contributed by atoms with van der Waals surface area (Å²) in [6, 6.07) is 6.40. The molecule has 0 aromatic heterocycles. The Hall–Kier alpha value is -1.02. The van der Waals surface area contributed by atoms with E-state index in [1.807, 2.05) is 6.07 Å². The summed E-state index contributed by atoms with van der Waals surface area (Å²) in [7, 11) is 0. The molecule has 2 nitrogen and oxygen atoms in total. The lowest BCUT2D eigenvalue weighted by Gasteiger charge is -2.32. The third-order valence-electron chi connectivity index (χ3n) is 3.56. The van der Waals surface area contributed by atoms with Gasteiger partial charge in [0.2, 0.25) is 0 Å². The third-order valence-corrected chi connectivity index (χ3v) is 3.56. The molecule has 0 saturated heterocycles. The zero-order valence-corrected chi connectivity index (χ0v) is 10.2. The Morgan fingerprint density at radius 1 is 1.38 bits per heavy atom. The van der Waals surface area contributed by atoms with Gasteiger partial charge in [-0.1, -0.05) is 26.0 Å². The molecule has 0 saturated carbocycles. The Kier molecular flexibility index (Phi) is 3.49. The van der Waals surface area contributed by atoms with E-state index >= 15 is 0 Å². The maximum Gasteiger partial charge on any atom is 0.119 e. The van der Waals surface area contributed by atoms with Crippen molar-refractivity contribution >= 4 is 0 Å². The normalized spacial score (nSPS) is 24.1. The summed E-state index contributed by atoms with van der Waals surface area (Å²) in [6.07, 6.45) is 3.20. The van der Waals surface area contributed by atoms with Gasteiger partial charge < -0.3 is 10.4 Å². The van der Waals surface area contributed by atoms with Gasteiger partial charge in [0.15, 0.2) is 0 Å². The molecular weight excluding hydrogens is 198 g/mol. The number of hydrogen-bond acceptors (Lipinski definition) is 2. The Morgan fingerprint density at radius 2 is 2.19 bits per heavy atom. The molecule has 1 aliphatic carbocycles. The van der Waals surface area contributed by atoms with Crippen LogP contribution in [0.25, 0.3) is 0 Å². The zero-order chi connectivity index (χ0) is 11.5. The minimum absolute atomic E-state index is 0.465. The third kappa shape index (κ3) is 2.22. The first kappa shape index (κ1) is 11.5. The van der Waals surface area contributed by atoms with Crippen molar-refractivity contribution in [2.45, 2.75) is 39.2 Å². The second kappa shape index (κ2) is 4.88. The number of hydrogen-bond donors (Lipinski definition) is 2. The summed E-state index contributed by atoms with van der Waals surface area (Å²) in [5, 5.41) is 13.4. The highest BCUT2D eigenvalue weighted by atomic mass is 16.3. The molecule has 0 bridgehead atoms. The van der Waals surface area contributed by atoms with E-state index in [9.17, 15) is 5.11 Å². The minimum atomic E-state index is 0.465. The molecule has 1 aromatic rings. The van der Waals surface area contributed by atoms with Crippen molar-refractivity contribution in [2.24, 2.45) is 5.92 Å². The van der Waals surface area contributed by atoms with Gasteiger partial charge in [0.25, 0.3) is 0 Å². The number of phenols is 1. The van der Waals surface area contributed by atoms with Gasteiger partial charge in [-0.2, -0.15) is 0 Å².